The molecule has 7 heteroatoms. The molecule has 3 heterocycles. The number of hydrogen-bond acceptors (Lipinski definition) is 6. The fraction of sp³-hybridized carbons (Fsp3) is 0.389. The molecule has 4 rings (SSSR count). The molecule has 1 aliphatic rings. The van der Waals surface area contributed by atoms with Gasteiger partial charge in [0, 0.05) is 11.9 Å². The Labute approximate surface area is 144 Å². The first-order chi connectivity index (χ1) is 12.1. The van der Waals surface area contributed by atoms with Crippen LogP contribution in [0.3, 0.4) is 0 Å². The molecule has 0 spiro atoms. The van der Waals surface area contributed by atoms with Gasteiger partial charge in [-0.2, -0.15) is 4.98 Å². The van der Waals surface area contributed by atoms with Gasteiger partial charge in [0.1, 0.15) is 17.9 Å². The summed E-state index contributed by atoms with van der Waals surface area (Å²) >= 11 is 0. The van der Waals surface area contributed by atoms with Gasteiger partial charge < -0.3 is 18.6 Å². The molecule has 2 aromatic heterocycles. The lowest BCUT2D eigenvalue weighted by Crippen LogP contribution is -2.43. The molecule has 1 aliphatic heterocycles. The predicted octanol–water partition coefficient (Wildman–Crippen LogP) is 3.15. The lowest BCUT2D eigenvalue weighted by molar-refractivity contribution is -0.00571. The quantitative estimate of drug-likeness (QED) is 0.728. The Morgan fingerprint density at radius 2 is 2.24 bits per heavy atom. The van der Waals surface area contributed by atoms with E-state index in [2.05, 4.69) is 24.0 Å². The molecule has 1 amide bonds. The van der Waals surface area contributed by atoms with E-state index in [1.165, 1.54) is 18.2 Å². The normalized spacial score (nSPS) is 18.2. The third kappa shape index (κ3) is 2.80. The lowest BCUT2D eigenvalue weighted by atomic mass is 10.00. The highest BCUT2D eigenvalue weighted by atomic mass is 16.5. The van der Waals surface area contributed by atoms with Gasteiger partial charge in [0.2, 0.25) is 6.39 Å². The number of ether oxygens (including phenoxy) is 1. The molecular weight excluding hydrogens is 322 g/mol. The van der Waals surface area contributed by atoms with Crippen LogP contribution in [0.15, 0.2) is 39.8 Å². The highest BCUT2D eigenvalue weighted by Crippen LogP contribution is 2.30. The van der Waals surface area contributed by atoms with Crippen LogP contribution in [0.4, 0.5) is 0 Å². The van der Waals surface area contributed by atoms with Crippen LogP contribution in [0.5, 0.6) is 0 Å². The summed E-state index contributed by atoms with van der Waals surface area (Å²) < 4.78 is 15.9. The average molecular weight is 341 g/mol. The molecule has 1 saturated heterocycles. The molecule has 25 heavy (non-hydrogen) atoms. The lowest BCUT2D eigenvalue weighted by Gasteiger charge is -2.33. The van der Waals surface area contributed by atoms with E-state index < -0.39 is 0 Å². The van der Waals surface area contributed by atoms with Crippen LogP contribution in [0.25, 0.3) is 11.0 Å². The molecule has 1 unspecified atom stereocenters. The Morgan fingerprint density at radius 1 is 1.36 bits per heavy atom. The second-order valence-electron chi connectivity index (χ2n) is 6.44. The van der Waals surface area contributed by atoms with E-state index in [-0.39, 0.29) is 11.9 Å². The smallest absolute Gasteiger partial charge is 0.258 e. The second kappa shape index (κ2) is 6.33. The Bertz CT molecular complexity index is 885. The highest BCUT2D eigenvalue weighted by molar-refractivity contribution is 6.06. The number of amides is 1. The Morgan fingerprint density at radius 3 is 3.00 bits per heavy atom. The van der Waals surface area contributed by atoms with E-state index in [4.69, 9.17) is 13.7 Å². The molecule has 7 nitrogen and oxygen atoms in total. The van der Waals surface area contributed by atoms with E-state index in [0.717, 1.165) is 5.39 Å². The SMILES string of the molecule is CC(C)c1ccc2occ(C(=O)N3CCOCC3c3ncon3)c2c1. The number of benzene rings is 1. The number of fused-ring (bicyclic) bond motifs is 1. The Kier molecular flexibility index (Phi) is 4.01. The minimum Gasteiger partial charge on any atom is -0.463 e. The van der Waals surface area contributed by atoms with Gasteiger partial charge in [-0.25, -0.2) is 0 Å². The first-order valence-electron chi connectivity index (χ1n) is 8.31. The largest absolute Gasteiger partial charge is 0.463 e. The van der Waals surface area contributed by atoms with Crippen molar-refractivity contribution in [1.82, 2.24) is 15.0 Å². The van der Waals surface area contributed by atoms with Crippen LogP contribution in [0, 0.1) is 0 Å². The van der Waals surface area contributed by atoms with Gasteiger partial charge in [-0.05, 0) is 23.6 Å². The van der Waals surface area contributed by atoms with Gasteiger partial charge in [0.05, 0.1) is 18.8 Å². The Balaban J connectivity index is 1.72. The maximum absolute atomic E-state index is 13.2. The molecule has 1 atom stereocenters. The summed E-state index contributed by atoms with van der Waals surface area (Å²) in [6.07, 6.45) is 2.79. The number of nitrogens with zero attached hydrogens (tertiary/aromatic N) is 3. The van der Waals surface area contributed by atoms with E-state index in [0.29, 0.717) is 42.6 Å². The zero-order valence-electron chi connectivity index (χ0n) is 14.1. The summed E-state index contributed by atoms with van der Waals surface area (Å²) in [5.41, 5.74) is 2.42. The van der Waals surface area contributed by atoms with E-state index in [1.54, 1.807) is 4.90 Å². The number of aromatic nitrogens is 2. The highest BCUT2D eigenvalue weighted by Gasteiger charge is 2.33. The first-order valence-corrected chi connectivity index (χ1v) is 8.31. The second-order valence-corrected chi connectivity index (χ2v) is 6.44. The summed E-state index contributed by atoms with van der Waals surface area (Å²) in [6, 6.07) is 5.61. The monoisotopic (exact) mass is 341 g/mol. The van der Waals surface area contributed by atoms with Crippen molar-refractivity contribution >= 4 is 16.9 Å². The molecular formula is C18H19N3O4. The molecule has 0 N–H and O–H groups in total. The van der Waals surface area contributed by atoms with Crippen molar-refractivity contribution in [2.75, 3.05) is 19.8 Å². The van der Waals surface area contributed by atoms with Gasteiger partial charge in [-0.15, -0.1) is 0 Å². The topological polar surface area (TPSA) is 81.6 Å². The molecule has 0 saturated carbocycles. The molecule has 1 aromatic carbocycles. The summed E-state index contributed by atoms with van der Waals surface area (Å²) in [5.74, 6) is 0.708. The number of carbonyl (C=O) groups is 1. The van der Waals surface area contributed by atoms with Crippen molar-refractivity contribution in [3.8, 4) is 0 Å². The molecule has 130 valence electrons. The molecule has 0 radical (unpaired) electrons. The van der Waals surface area contributed by atoms with Gasteiger partial charge in [-0.3, -0.25) is 4.79 Å². The molecule has 0 aliphatic carbocycles. The number of hydrogen-bond donors (Lipinski definition) is 0. The summed E-state index contributed by atoms with van der Waals surface area (Å²) in [4.78, 5) is 19.0. The van der Waals surface area contributed by atoms with Crippen LogP contribution in [0.1, 0.15) is 47.6 Å². The molecule has 3 aromatic rings. The Hall–Kier alpha value is -2.67. The van der Waals surface area contributed by atoms with Gasteiger partial charge >= 0.3 is 0 Å². The maximum Gasteiger partial charge on any atom is 0.258 e. The number of morpholine rings is 1. The van der Waals surface area contributed by atoms with Gasteiger partial charge in [0.15, 0.2) is 5.82 Å². The van der Waals surface area contributed by atoms with Crippen LogP contribution >= 0.6 is 0 Å². The summed E-state index contributed by atoms with van der Waals surface area (Å²) in [6.45, 7) is 5.54. The van der Waals surface area contributed by atoms with Crippen molar-refractivity contribution in [2.24, 2.45) is 0 Å². The van der Waals surface area contributed by atoms with E-state index >= 15 is 0 Å². The van der Waals surface area contributed by atoms with Crippen molar-refractivity contribution in [2.45, 2.75) is 25.8 Å². The third-order valence-corrected chi connectivity index (χ3v) is 4.56. The van der Waals surface area contributed by atoms with Crippen molar-refractivity contribution < 1.29 is 18.5 Å². The number of furan rings is 1. The van der Waals surface area contributed by atoms with Crippen molar-refractivity contribution in [3.05, 3.63) is 47.8 Å². The third-order valence-electron chi connectivity index (χ3n) is 4.56. The fourth-order valence-corrected chi connectivity index (χ4v) is 3.11. The van der Waals surface area contributed by atoms with Crippen LogP contribution in [0.2, 0.25) is 0 Å². The predicted molar refractivity (Wildman–Crippen MR) is 89.2 cm³/mol. The average Bonchev–Trinajstić information content (AvgIpc) is 3.30. The van der Waals surface area contributed by atoms with E-state index in [9.17, 15) is 4.79 Å². The fourth-order valence-electron chi connectivity index (χ4n) is 3.11. The zero-order chi connectivity index (χ0) is 17.4. The molecule has 0 bridgehead atoms. The van der Waals surface area contributed by atoms with Crippen LogP contribution in [-0.4, -0.2) is 40.7 Å². The van der Waals surface area contributed by atoms with Crippen molar-refractivity contribution in [3.63, 3.8) is 0 Å². The standard InChI is InChI=1S/C18H19N3O4/c1-11(2)12-3-4-16-13(7-12)14(8-24-16)18(22)21-5-6-23-9-15(21)17-19-10-25-20-17/h3-4,7-8,10-11,15H,5-6,9H2,1-2H3. The van der Waals surface area contributed by atoms with Gasteiger partial charge in [0.25, 0.3) is 5.91 Å². The first kappa shape index (κ1) is 15.8. The maximum atomic E-state index is 13.2. The van der Waals surface area contributed by atoms with E-state index in [1.807, 2.05) is 18.2 Å². The van der Waals surface area contributed by atoms with Crippen LogP contribution < -0.4 is 0 Å². The minimum absolute atomic E-state index is 0.113. The number of carbonyl (C=O) groups excluding carboxylic acids is 1. The summed E-state index contributed by atoms with van der Waals surface area (Å²) in [5, 5.41) is 4.70. The zero-order valence-corrected chi connectivity index (χ0v) is 14.1. The van der Waals surface area contributed by atoms with Gasteiger partial charge in [-0.1, -0.05) is 25.1 Å². The molecule has 1 fully saturated rings. The number of rotatable bonds is 3. The van der Waals surface area contributed by atoms with Crippen LogP contribution in [-0.2, 0) is 4.74 Å². The van der Waals surface area contributed by atoms with Crippen molar-refractivity contribution in [1.29, 1.82) is 0 Å². The summed E-state index contributed by atoms with van der Waals surface area (Å²) in [7, 11) is 0. The minimum atomic E-state index is -0.363.